The van der Waals surface area contributed by atoms with E-state index in [-0.39, 0.29) is 5.78 Å². The fraction of sp³-hybridized carbons (Fsp3) is 0.105. The van der Waals surface area contributed by atoms with Gasteiger partial charge >= 0.3 is 0 Å². The highest BCUT2D eigenvalue weighted by Gasteiger charge is 2.41. The van der Waals surface area contributed by atoms with Crippen molar-refractivity contribution in [2.24, 2.45) is 5.73 Å². The molecule has 0 fully saturated rings. The molecule has 1 aliphatic rings. The van der Waals surface area contributed by atoms with E-state index in [2.05, 4.69) is 11.1 Å². The first-order valence-corrected chi connectivity index (χ1v) is 9.87. The molecule has 2 aromatic carbocycles. The Hall–Kier alpha value is -2.33. The first-order chi connectivity index (χ1) is 12.6. The average Bonchev–Trinajstić information content (AvgIpc) is 3.22. The number of carbonyl (C=O) groups is 1. The topological polar surface area (TPSA) is 79.8 Å². The van der Waals surface area contributed by atoms with Gasteiger partial charge in [0.15, 0.2) is 5.01 Å². The molecule has 0 bridgehead atoms. The molecule has 2 N–H and O–H groups in total. The fourth-order valence-corrected chi connectivity index (χ4v) is 5.38. The molecule has 0 saturated heterocycles. The first kappa shape index (κ1) is 17.1. The van der Waals surface area contributed by atoms with Gasteiger partial charge in [-0.3, -0.25) is 4.79 Å². The molecule has 26 heavy (non-hydrogen) atoms. The maximum Gasteiger partial charge on any atom is 0.205 e. The van der Waals surface area contributed by atoms with Gasteiger partial charge in [0.25, 0.3) is 0 Å². The zero-order valence-electron chi connectivity index (χ0n) is 13.3. The molecule has 1 aliphatic heterocycles. The zero-order chi connectivity index (χ0) is 18.3. The number of benzene rings is 2. The van der Waals surface area contributed by atoms with Crippen molar-refractivity contribution in [2.45, 2.75) is 11.2 Å². The highest BCUT2D eigenvalue weighted by molar-refractivity contribution is 8.04. The molecule has 0 aliphatic carbocycles. The van der Waals surface area contributed by atoms with Gasteiger partial charge in [-0.1, -0.05) is 47.6 Å². The van der Waals surface area contributed by atoms with Crippen LogP contribution in [0.1, 0.15) is 21.3 Å². The second-order valence-corrected chi connectivity index (χ2v) is 8.46. The summed E-state index contributed by atoms with van der Waals surface area (Å²) < 4.78 is 0.961. The van der Waals surface area contributed by atoms with E-state index in [1.165, 1.54) is 23.1 Å². The summed E-state index contributed by atoms with van der Waals surface area (Å²) in [6.07, 6.45) is 0. The number of aromatic nitrogens is 1. The van der Waals surface area contributed by atoms with Crippen LogP contribution in [-0.2, 0) is 0 Å². The number of hydrogen-bond donors (Lipinski definition) is 1. The molecule has 0 spiro atoms. The Balaban J connectivity index is 1.75. The number of nitrogens with zero attached hydrogens (tertiary/aromatic N) is 2. The van der Waals surface area contributed by atoms with Crippen molar-refractivity contribution in [1.29, 1.82) is 5.26 Å². The number of thioether (sulfide) groups is 1. The zero-order valence-corrected chi connectivity index (χ0v) is 15.7. The van der Waals surface area contributed by atoms with Crippen LogP contribution in [0, 0.1) is 11.3 Å². The maximum absolute atomic E-state index is 13.2. The molecule has 2 atom stereocenters. The third-order valence-corrected chi connectivity index (χ3v) is 6.76. The van der Waals surface area contributed by atoms with Crippen molar-refractivity contribution in [1.82, 2.24) is 4.98 Å². The number of ketones is 1. The van der Waals surface area contributed by atoms with E-state index >= 15 is 0 Å². The number of fused-ring (bicyclic) bond motifs is 1. The molecular formula is C19H12ClN3OS2. The summed E-state index contributed by atoms with van der Waals surface area (Å²) in [6, 6.07) is 17.0. The number of halogens is 1. The van der Waals surface area contributed by atoms with Crippen molar-refractivity contribution in [3.8, 4) is 6.07 Å². The van der Waals surface area contributed by atoms with Gasteiger partial charge in [0.1, 0.15) is 0 Å². The molecular weight excluding hydrogens is 386 g/mol. The molecule has 4 rings (SSSR count). The number of Topliss-reactive ketones (excluding diaryl/α,β-unsaturated/α-hetero) is 1. The Labute approximate surface area is 163 Å². The van der Waals surface area contributed by atoms with Crippen LogP contribution >= 0.6 is 34.7 Å². The summed E-state index contributed by atoms with van der Waals surface area (Å²) >= 11 is 8.58. The number of rotatable bonds is 3. The normalized spacial score (nSPS) is 19.7. The van der Waals surface area contributed by atoms with E-state index in [1.807, 2.05) is 36.4 Å². The lowest BCUT2D eigenvalue weighted by Gasteiger charge is -2.18. The minimum Gasteiger partial charge on any atom is -0.393 e. The Kier molecular flexibility index (Phi) is 4.45. The summed E-state index contributed by atoms with van der Waals surface area (Å²) in [5, 5.41) is 10.5. The molecule has 4 nitrogen and oxygen atoms in total. The molecule has 128 valence electrons. The molecule has 0 unspecified atom stereocenters. The van der Waals surface area contributed by atoms with Crippen LogP contribution in [0.2, 0.25) is 5.02 Å². The molecule has 0 amide bonds. The highest BCUT2D eigenvalue weighted by atomic mass is 35.5. The van der Waals surface area contributed by atoms with E-state index < -0.39 is 11.2 Å². The SMILES string of the molecule is N#CC1=C(N)S[C@@H](C(=O)c2nc3ccccc3s2)[C@@H]1c1ccc(Cl)cc1. The van der Waals surface area contributed by atoms with Crippen molar-refractivity contribution < 1.29 is 4.79 Å². The number of para-hydroxylation sites is 1. The van der Waals surface area contributed by atoms with Gasteiger partial charge in [-0.05, 0) is 29.8 Å². The number of hydrogen-bond acceptors (Lipinski definition) is 6. The smallest absolute Gasteiger partial charge is 0.205 e. The number of nitriles is 1. The average molecular weight is 398 g/mol. The second-order valence-electron chi connectivity index (χ2n) is 5.81. The monoisotopic (exact) mass is 397 g/mol. The number of carbonyl (C=O) groups excluding carboxylic acids is 1. The Morgan fingerprint density at radius 3 is 2.62 bits per heavy atom. The fourth-order valence-electron chi connectivity index (χ4n) is 3.01. The summed E-state index contributed by atoms with van der Waals surface area (Å²) in [7, 11) is 0. The maximum atomic E-state index is 13.2. The van der Waals surface area contributed by atoms with E-state index in [0.29, 0.717) is 20.6 Å². The number of allylic oxidation sites excluding steroid dienone is 1. The highest BCUT2D eigenvalue weighted by Crippen LogP contribution is 2.47. The molecule has 2 heterocycles. The lowest BCUT2D eigenvalue weighted by Crippen LogP contribution is -2.23. The third-order valence-electron chi connectivity index (χ3n) is 4.25. The van der Waals surface area contributed by atoms with Gasteiger partial charge in [0.05, 0.1) is 32.1 Å². The summed E-state index contributed by atoms with van der Waals surface area (Å²) in [5.74, 6) is -0.508. The van der Waals surface area contributed by atoms with E-state index in [0.717, 1.165) is 15.8 Å². The van der Waals surface area contributed by atoms with Gasteiger partial charge in [0, 0.05) is 10.9 Å². The number of thiazole rings is 1. The lowest BCUT2D eigenvalue weighted by atomic mass is 9.87. The predicted molar refractivity (Wildman–Crippen MR) is 106 cm³/mol. The van der Waals surface area contributed by atoms with Gasteiger partial charge in [-0.2, -0.15) is 5.26 Å². The van der Waals surface area contributed by atoms with Gasteiger partial charge in [0.2, 0.25) is 5.78 Å². The Morgan fingerprint density at radius 2 is 1.92 bits per heavy atom. The largest absolute Gasteiger partial charge is 0.393 e. The van der Waals surface area contributed by atoms with Crippen molar-refractivity contribution in [3.63, 3.8) is 0 Å². The van der Waals surface area contributed by atoms with E-state index in [4.69, 9.17) is 17.3 Å². The summed E-state index contributed by atoms with van der Waals surface area (Å²) in [4.78, 5) is 17.7. The molecule has 0 saturated carbocycles. The number of nitrogens with two attached hydrogens (primary N) is 1. The van der Waals surface area contributed by atoms with Gasteiger partial charge in [-0.25, -0.2) is 4.98 Å². The predicted octanol–water partition coefficient (Wildman–Crippen LogP) is 4.73. The Bertz CT molecular complexity index is 1050. The van der Waals surface area contributed by atoms with Crippen molar-refractivity contribution in [2.75, 3.05) is 0 Å². The van der Waals surface area contributed by atoms with E-state index in [9.17, 15) is 10.1 Å². The van der Waals surface area contributed by atoms with Crippen molar-refractivity contribution >= 4 is 50.7 Å². The van der Waals surface area contributed by atoms with Crippen LogP contribution in [0.5, 0.6) is 0 Å². The van der Waals surface area contributed by atoms with Crippen LogP contribution in [0.4, 0.5) is 0 Å². The van der Waals surface area contributed by atoms with Crippen LogP contribution in [0.3, 0.4) is 0 Å². The summed E-state index contributed by atoms with van der Waals surface area (Å²) in [6.45, 7) is 0. The third kappa shape index (κ3) is 2.88. The molecule has 0 radical (unpaired) electrons. The molecule has 1 aromatic heterocycles. The van der Waals surface area contributed by atoms with E-state index in [1.54, 1.807) is 12.1 Å². The van der Waals surface area contributed by atoms with Crippen LogP contribution in [0.25, 0.3) is 10.2 Å². The van der Waals surface area contributed by atoms with Gasteiger partial charge in [-0.15, -0.1) is 11.3 Å². The van der Waals surface area contributed by atoms with Crippen molar-refractivity contribution in [3.05, 3.63) is 74.7 Å². The quantitative estimate of drug-likeness (QED) is 0.646. The standard InChI is InChI=1S/C19H12ClN3OS2/c20-11-7-5-10(6-8-11)15-12(9-21)18(22)26-17(15)16(24)19-23-13-3-1-2-4-14(13)25-19/h1-8,15,17H,22H2/t15-,17-/m1/s1. The minimum absolute atomic E-state index is 0.107. The van der Waals surface area contributed by atoms with Crippen LogP contribution < -0.4 is 5.73 Å². The summed E-state index contributed by atoms with van der Waals surface area (Å²) in [5.41, 5.74) is 8.13. The first-order valence-electron chi connectivity index (χ1n) is 7.80. The molecule has 3 aromatic rings. The van der Waals surface area contributed by atoms with Gasteiger partial charge < -0.3 is 5.73 Å². The van der Waals surface area contributed by atoms with Crippen LogP contribution in [0.15, 0.2) is 59.1 Å². The molecule has 7 heteroatoms. The Morgan fingerprint density at radius 1 is 1.19 bits per heavy atom. The second kappa shape index (κ2) is 6.76. The van der Waals surface area contributed by atoms with Crippen LogP contribution in [-0.4, -0.2) is 16.0 Å². The minimum atomic E-state index is -0.508. The lowest BCUT2D eigenvalue weighted by molar-refractivity contribution is 0.0985.